The van der Waals surface area contributed by atoms with Gasteiger partial charge in [0.1, 0.15) is 17.2 Å². The fourth-order valence-corrected chi connectivity index (χ4v) is 4.81. The first-order valence-corrected chi connectivity index (χ1v) is 11.4. The summed E-state index contributed by atoms with van der Waals surface area (Å²) in [5.74, 6) is 0.595. The van der Waals surface area contributed by atoms with E-state index in [1.165, 1.54) is 11.8 Å². The van der Waals surface area contributed by atoms with Crippen LogP contribution in [0.3, 0.4) is 0 Å². The molecule has 1 atom stereocenters. The Bertz CT molecular complexity index is 1350. The fraction of sp³-hybridized carbons (Fsp3) is 0.115. The van der Waals surface area contributed by atoms with Crippen LogP contribution in [0.25, 0.3) is 6.08 Å². The number of hydrazone groups is 1. The summed E-state index contributed by atoms with van der Waals surface area (Å²) in [6.45, 7) is 0. The molecule has 0 aromatic heterocycles. The summed E-state index contributed by atoms with van der Waals surface area (Å²) >= 11 is 1.19. The molecule has 8 heteroatoms. The number of benzene rings is 3. The first-order chi connectivity index (χ1) is 16.5. The standard InChI is InChI=1S/C26H21N3O4S/c1-33-18-12-10-16(11-13-18)20-15-21(19-7-3-5-9-23(19)31)29(28-20)26-27-25(32)24(34-26)14-17-6-2-4-8-22(17)30/h2-14,21,30-31H,15H2,1H3/b24-14-. The van der Waals surface area contributed by atoms with Crippen molar-refractivity contribution in [3.8, 4) is 17.2 Å². The van der Waals surface area contributed by atoms with E-state index in [0.717, 1.165) is 17.0 Å². The van der Waals surface area contributed by atoms with E-state index in [-0.39, 0.29) is 17.5 Å². The molecule has 2 heterocycles. The second kappa shape index (κ2) is 9.07. The molecule has 2 aliphatic rings. The highest BCUT2D eigenvalue weighted by molar-refractivity contribution is 8.18. The Kier molecular flexibility index (Phi) is 5.81. The Morgan fingerprint density at radius 3 is 2.41 bits per heavy atom. The number of amidine groups is 1. The van der Waals surface area contributed by atoms with Gasteiger partial charge in [0, 0.05) is 17.5 Å². The Labute approximate surface area is 200 Å². The molecule has 1 unspecified atom stereocenters. The second-order valence-corrected chi connectivity index (χ2v) is 8.78. The van der Waals surface area contributed by atoms with Crippen molar-refractivity contribution in [1.29, 1.82) is 0 Å². The lowest BCUT2D eigenvalue weighted by Crippen LogP contribution is -2.23. The highest BCUT2D eigenvalue weighted by atomic mass is 32.2. The number of carbonyl (C=O) groups is 1. The number of methoxy groups -OCH3 is 1. The third-order valence-electron chi connectivity index (χ3n) is 5.66. The molecule has 0 saturated carbocycles. The number of aromatic hydroxyl groups is 2. The first-order valence-electron chi connectivity index (χ1n) is 10.6. The molecule has 3 aromatic carbocycles. The molecule has 0 bridgehead atoms. The van der Waals surface area contributed by atoms with E-state index in [1.807, 2.05) is 36.4 Å². The summed E-state index contributed by atoms with van der Waals surface area (Å²) in [7, 11) is 1.62. The van der Waals surface area contributed by atoms with Gasteiger partial charge in [-0.3, -0.25) is 4.79 Å². The minimum absolute atomic E-state index is 0.0879. The van der Waals surface area contributed by atoms with Crippen molar-refractivity contribution in [2.45, 2.75) is 12.5 Å². The monoisotopic (exact) mass is 471 g/mol. The normalized spacial score (nSPS) is 18.9. The smallest absolute Gasteiger partial charge is 0.286 e. The zero-order valence-corrected chi connectivity index (χ0v) is 19.1. The van der Waals surface area contributed by atoms with Gasteiger partial charge in [-0.25, -0.2) is 5.01 Å². The molecule has 0 radical (unpaired) electrons. The maximum atomic E-state index is 12.7. The molecule has 0 spiro atoms. The van der Waals surface area contributed by atoms with Gasteiger partial charge in [-0.15, -0.1) is 0 Å². The Morgan fingerprint density at radius 1 is 1.00 bits per heavy atom. The van der Waals surface area contributed by atoms with Crippen molar-refractivity contribution in [1.82, 2.24) is 5.01 Å². The summed E-state index contributed by atoms with van der Waals surface area (Å²) in [6, 6.07) is 21.2. The van der Waals surface area contributed by atoms with Gasteiger partial charge >= 0.3 is 0 Å². The number of phenols is 2. The molecule has 2 N–H and O–H groups in total. The van der Waals surface area contributed by atoms with Gasteiger partial charge in [-0.1, -0.05) is 36.4 Å². The average Bonchev–Trinajstić information content (AvgIpc) is 3.45. The molecular weight excluding hydrogens is 450 g/mol. The number of hydrogen-bond donors (Lipinski definition) is 2. The number of nitrogens with zero attached hydrogens (tertiary/aromatic N) is 3. The van der Waals surface area contributed by atoms with Crippen LogP contribution in [0.2, 0.25) is 0 Å². The van der Waals surface area contributed by atoms with Gasteiger partial charge in [0.05, 0.1) is 23.8 Å². The van der Waals surface area contributed by atoms with Crippen LogP contribution in [0.1, 0.15) is 29.2 Å². The molecule has 7 nitrogen and oxygen atoms in total. The van der Waals surface area contributed by atoms with Gasteiger partial charge < -0.3 is 14.9 Å². The number of amides is 1. The van der Waals surface area contributed by atoms with E-state index in [4.69, 9.17) is 9.84 Å². The second-order valence-electron chi connectivity index (χ2n) is 7.77. The highest BCUT2D eigenvalue weighted by Gasteiger charge is 2.37. The van der Waals surface area contributed by atoms with Crippen molar-refractivity contribution < 1.29 is 19.7 Å². The number of aliphatic imine (C=N–C) groups is 1. The molecular formula is C26H21N3O4S. The van der Waals surface area contributed by atoms with Crippen molar-refractivity contribution in [3.05, 3.63) is 94.4 Å². The SMILES string of the molecule is COc1ccc(C2=NN(C3=NC(=O)/C(=C/c4ccccc4O)S3)C(c3ccccc3O)C2)cc1. The van der Waals surface area contributed by atoms with Crippen LogP contribution < -0.4 is 4.74 Å². The van der Waals surface area contributed by atoms with E-state index in [9.17, 15) is 15.0 Å². The number of ether oxygens (including phenoxy) is 1. The minimum atomic E-state index is -0.396. The van der Waals surface area contributed by atoms with Gasteiger partial charge in [-0.2, -0.15) is 10.1 Å². The molecule has 0 aliphatic carbocycles. The summed E-state index contributed by atoms with van der Waals surface area (Å²) in [5, 5.41) is 27.5. The van der Waals surface area contributed by atoms with Gasteiger partial charge in [0.2, 0.25) is 0 Å². The zero-order valence-electron chi connectivity index (χ0n) is 18.3. The summed E-state index contributed by atoms with van der Waals surface area (Å²) in [5.41, 5.74) is 2.97. The first kappa shape index (κ1) is 21.8. The molecule has 0 fully saturated rings. The number of rotatable bonds is 4. The van der Waals surface area contributed by atoms with Crippen molar-refractivity contribution in [2.75, 3.05) is 7.11 Å². The van der Waals surface area contributed by atoms with E-state index < -0.39 is 5.91 Å². The van der Waals surface area contributed by atoms with E-state index in [2.05, 4.69) is 4.99 Å². The summed E-state index contributed by atoms with van der Waals surface area (Å²) < 4.78 is 5.25. The molecule has 3 aromatic rings. The number of thioether (sulfide) groups is 1. The molecule has 34 heavy (non-hydrogen) atoms. The lowest BCUT2D eigenvalue weighted by molar-refractivity contribution is -0.113. The van der Waals surface area contributed by atoms with E-state index in [1.54, 1.807) is 54.6 Å². The zero-order chi connectivity index (χ0) is 23.7. The topological polar surface area (TPSA) is 94.7 Å². The lowest BCUT2D eigenvalue weighted by atomic mass is 9.98. The molecule has 5 rings (SSSR count). The molecule has 1 amide bonds. The Balaban J connectivity index is 1.50. The van der Waals surface area contributed by atoms with Crippen LogP contribution >= 0.6 is 11.8 Å². The summed E-state index contributed by atoms with van der Waals surface area (Å²) in [6.07, 6.45) is 2.15. The maximum Gasteiger partial charge on any atom is 0.286 e. The number of phenolic OH excluding ortho intramolecular Hbond substituents is 2. The Hall–Kier alpha value is -4.04. The predicted octanol–water partition coefficient (Wildman–Crippen LogP) is 4.93. The van der Waals surface area contributed by atoms with Crippen LogP contribution in [-0.2, 0) is 4.79 Å². The molecule has 0 saturated heterocycles. The lowest BCUT2D eigenvalue weighted by Gasteiger charge is -2.23. The van der Waals surface area contributed by atoms with E-state index in [0.29, 0.717) is 27.6 Å². The third-order valence-corrected chi connectivity index (χ3v) is 6.63. The van der Waals surface area contributed by atoms with Crippen molar-refractivity contribution >= 4 is 34.6 Å². The average molecular weight is 472 g/mol. The number of para-hydroxylation sites is 2. The van der Waals surface area contributed by atoms with Crippen molar-refractivity contribution in [3.63, 3.8) is 0 Å². The van der Waals surface area contributed by atoms with Crippen LogP contribution in [0, 0.1) is 0 Å². The largest absolute Gasteiger partial charge is 0.508 e. The fourth-order valence-electron chi connectivity index (χ4n) is 3.90. The van der Waals surface area contributed by atoms with Crippen LogP contribution in [0.5, 0.6) is 17.2 Å². The minimum Gasteiger partial charge on any atom is -0.508 e. The predicted molar refractivity (Wildman–Crippen MR) is 133 cm³/mol. The van der Waals surface area contributed by atoms with Gasteiger partial charge in [0.25, 0.3) is 5.91 Å². The maximum absolute atomic E-state index is 12.7. The molecule has 2 aliphatic heterocycles. The van der Waals surface area contributed by atoms with E-state index >= 15 is 0 Å². The van der Waals surface area contributed by atoms with Crippen molar-refractivity contribution in [2.24, 2.45) is 10.1 Å². The van der Waals surface area contributed by atoms with Crippen LogP contribution in [-0.4, -0.2) is 39.1 Å². The molecule has 170 valence electrons. The van der Waals surface area contributed by atoms with Crippen LogP contribution in [0.4, 0.5) is 0 Å². The quantitative estimate of drug-likeness (QED) is 0.524. The third kappa shape index (κ3) is 4.15. The van der Waals surface area contributed by atoms with Gasteiger partial charge in [0.15, 0.2) is 5.17 Å². The van der Waals surface area contributed by atoms with Crippen LogP contribution in [0.15, 0.2) is 87.8 Å². The number of hydrogen-bond acceptors (Lipinski definition) is 7. The number of carbonyl (C=O) groups excluding carboxylic acids is 1. The Morgan fingerprint density at radius 2 is 1.71 bits per heavy atom. The summed E-state index contributed by atoms with van der Waals surface area (Å²) in [4.78, 5) is 17.3. The van der Waals surface area contributed by atoms with Gasteiger partial charge in [-0.05, 0) is 59.8 Å². The highest BCUT2D eigenvalue weighted by Crippen LogP contribution is 2.42.